The van der Waals surface area contributed by atoms with Crippen LogP contribution in [0.2, 0.25) is 0 Å². The van der Waals surface area contributed by atoms with Crippen molar-refractivity contribution < 1.29 is 27.6 Å². The van der Waals surface area contributed by atoms with E-state index in [-0.39, 0.29) is 22.9 Å². The Bertz CT molecular complexity index is 763. The van der Waals surface area contributed by atoms with Gasteiger partial charge in [0, 0.05) is 11.6 Å². The van der Waals surface area contributed by atoms with Gasteiger partial charge in [-0.15, -0.1) is 0 Å². The van der Waals surface area contributed by atoms with Crippen LogP contribution in [0, 0.1) is 0 Å². The molecular weight excluding hydrogens is 323 g/mol. The first-order valence-corrected chi connectivity index (χ1v) is 7.68. The third kappa shape index (κ3) is 3.02. The summed E-state index contributed by atoms with van der Waals surface area (Å²) in [7, 11) is 0. The van der Waals surface area contributed by atoms with Crippen LogP contribution in [-0.2, 0) is 11.0 Å². The highest BCUT2D eigenvalue weighted by Crippen LogP contribution is 2.42. The van der Waals surface area contributed by atoms with Gasteiger partial charge in [-0.25, -0.2) is 0 Å². The van der Waals surface area contributed by atoms with Crippen LogP contribution in [0.15, 0.2) is 28.8 Å². The number of carbonyl (C=O) groups is 1. The minimum absolute atomic E-state index is 0.00872. The minimum Gasteiger partial charge on any atom is -0.481 e. The van der Waals surface area contributed by atoms with Crippen LogP contribution in [0.4, 0.5) is 13.2 Å². The van der Waals surface area contributed by atoms with Crippen molar-refractivity contribution in [2.75, 3.05) is 0 Å². The van der Waals surface area contributed by atoms with Crippen LogP contribution in [0.3, 0.4) is 0 Å². The average Bonchev–Trinajstić information content (AvgIpc) is 2.93. The van der Waals surface area contributed by atoms with Gasteiger partial charge in [-0.05, 0) is 37.3 Å². The Kier molecular flexibility index (Phi) is 4.11. The summed E-state index contributed by atoms with van der Waals surface area (Å²) in [5.41, 5.74) is -0.196. The lowest BCUT2D eigenvalue weighted by Gasteiger charge is -2.27. The lowest BCUT2D eigenvalue weighted by molar-refractivity contribution is -0.139. The van der Waals surface area contributed by atoms with Crippen LogP contribution in [0.25, 0.3) is 11.3 Å². The Balaban J connectivity index is 2.02. The number of nitrogens with zero attached hydrogens (tertiary/aromatic N) is 1. The summed E-state index contributed by atoms with van der Waals surface area (Å²) in [6.07, 6.45) is -1.68. The third-order valence-corrected chi connectivity index (χ3v) is 4.53. The van der Waals surface area contributed by atoms with E-state index < -0.39 is 23.6 Å². The molecule has 1 N–H and O–H groups in total. The lowest BCUT2D eigenvalue weighted by atomic mass is 9.79. The van der Waals surface area contributed by atoms with E-state index in [0.717, 1.165) is 19.3 Å². The Morgan fingerprint density at radius 3 is 2.58 bits per heavy atom. The number of carboxylic acid groups (broad SMARTS) is 1. The minimum atomic E-state index is -4.52. The Morgan fingerprint density at radius 1 is 1.33 bits per heavy atom. The van der Waals surface area contributed by atoms with Gasteiger partial charge in [-0.3, -0.25) is 4.79 Å². The average molecular weight is 339 g/mol. The summed E-state index contributed by atoms with van der Waals surface area (Å²) in [6, 6.07) is 5.51. The highest BCUT2D eigenvalue weighted by atomic mass is 19.4. The smallest absolute Gasteiger partial charge is 0.417 e. The van der Waals surface area contributed by atoms with Crippen molar-refractivity contribution in [3.05, 3.63) is 41.2 Å². The molecule has 1 aliphatic carbocycles. The Morgan fingerprint density at radius 2 is 2.04 bits per heavy atom. The molecule has 1 aliphatic rings. The molecule has 0 saturated heterocycles. The molecule has 7 heteroatoms. The number of hydrogen-bond acceptors (Lipinski definition) is 3. The maximum Gasteiger partial charge on any atom is 0.417 e. The first kappa shape index (κ1) is 16.5. The molecule has 0 aliphatic heterocycles. The number of benzene rings is 1. The zero-order chi connectivity index (χ0) is 17.5. The van der Waals surface area contributed by atoms with Crippen LogP contribution in [-0.4, -0.2) is 16.2 Å². The summed E-state index contributed by atoms with van der Waals surface area (Å²) < 4.78 is 45.2. The van der Waals surface area contributed by atoms with Crippen molar-refractivity contribution >= 4 is 5.97 Å². The van der Waals surface area contributed by atoms with Gasteiger partial charge in [0.15, 0.2) is 5.76 Å². The zero-order valence-electron chi connectivity index (χ0n) is 12.9. The van der Waals surface area contributed by atoms with Crippen molar-refractivity contribution in [3.8, 4) is 11.3 Å². The second-order valence-corrected chi connectivity index (χ2v) is 6.11. The molecule has 1 heterocycles. The van der Waals surface area contributed by atoms with Crippen molar-refractivity contribution in [2.24, 2.45) is 0 Å². The first-order valence-electron chi connectivity index (χ1n) is 7.68. The fraction of sp³-hybridized carbons (Fsp3) is 0.412. The number of hydrogen-bond donors (Lipinski definition) is 1. The molecule has 0 amide bonds. The van der Waals surface area contributed by atoms with Gasteiger partial charge in [-0.1, -0.05) is 23.7 Å². The van der Waals surface area contributed by atoms with Gasteiger partial charge < -0.3 is 9.63 Å². The van der Waals surface area contributed by atoms with Crippen molar-refractivity contribution in [3.63, 3.8) is 0 Å². The molecule has 2 aromatic rings. The Labute approximate surface area is 136 Å². The molecule has 3 rings (SSSR count). The maximum atomic E-state index is 13.4. The predicted molar refractivity (Wildman–Crippen MR) is 79.6 cm³/mol. The summed E-state index contributed by atoms with van der Waals surface area (Å²) >= 11 is 0. The summed E-state index contributed by atoms with van der Waals surface area (Å²) in [6.45, 7) is 1.39. The van der Waals surface area contributed by atoms with E-state index in [1.807, 2.05) is 0 Å². The second kappa shape index (κ2) is 5.96. The van der Waals surface area contributed by atoms with Gasteiger partial charge in [-0.2, -0.15) is 13.2 Å². The second-order valence-electron chi connectivity index (χ2n) is 6.11. The molecule has 128 valence electrons. The molecular formula is C17H16F3NO3. The first-order chi connectivity index (χ1) is 11.3. The number of halogens is 3. The van der Waals surface area contributed by atoms with Crippen LogP contribution in [0.1, 0.15) is 54.9 Å². The van der Waals surface area contributed by atoms with Gasteiger partial charge in [0.05, 0.1) is 5.56 Å². The molecule has 24 heavy (non-hydrogen) atoms. The summed E-state index contributed by atoms with van der Waals surface area (Å²) in [4.78, 5) is 11.0. The van der Waals surface area contributed by atoms with E-state index in [4.69, 9.17) is 9.63 Å². The molecule has 1 aromatic heterocycles. The van der Waals surface area contributed by atoms with Crippen LogP contribution in [0.5, 0.6) is 0 Å². The molecule has 0 bridgehead atoms. The number of aliphatic carboxylic acids is 1. The molecule has 1 fully saturated rings. The molecule has 1 aromatic carbocycles. The number of aromatic nitrogens is 1. The van der Waals surface area contributed by atoms with E-state index in [1.54, 1.807) is 6.07 Å². The molecule has 0 radical (unpaired) electrons. The zero-order valence-corrected chi connectivity index (χ0v) is 12.9. The van der Waals surface area contributed by atoms with Crippen molar-refractivity contribution in [1.82, 2.24) is 5.16 Å². The molecule has 0 spiro atoms. The predicted octanol–water partition coefficient (Wildman–Crippen LogP) is 4.82. The van der Waals surface area contributed by atoms with E-state index in [1.165, 1.54) is 25.1 Å². The van der Waals surface area contributed by atoms with Gasteiger partial charge >= 0.3 is 12.1 Å². The summed E-state index contributed by atoms with van der Waals surface area (Å²) in [5.74, 6) is -1.90. The topological polar surface area (TPSA) is 63.3 Å². The molecule has 1 atom stereocenters. The molecule has 4 nitrogen and oxygen atoms in total. The normalized spacial score (nSPS) is 16.7. The van der Waals surface area contributed by atoms with E-state index >= 15 is 0 Å². The highest BCUT2D eigenvalue weighted by Gasteiger charge is 2.36. The third-order valence-electron chi connectivity index (χ3n) is 4.53. The highest BCUT2D eigenvalue weighted by molar-refractivity contribution is 5.75. The SMILES string of the molecule is CC(C(=O)O)c1cc(-c2ccc(C3CCC3)cc2C(F)(F)F)no1. The number of carboxylic acids is 1. The van der Waals surface area contributed by atoms with Gasteiger partial charge in [0.1, 0.15) is 11.6 Å². The standard InChI is InChI=1S/C17H16F3NO3/c1-9(16(22)23)15-8-14(21-24-15)12-6-5-11(10-3-2-4-10)7-13(12)17(18,19)20/h5-10H,2-4H2,1H3,(H,22,23). The largest absolute Gasteiger partial charge is 0.481 e. The monoisotopic (exact) mass is 339 g/mol. The van der Waals surface area contributed by atoms with Gasteiger partial charge in [0.25, 0.3) is 0 Å². The van der Waals surface area contributed by atoms with E-state index in [2.05, 4.69) is 5.16 Å². The Hall–Kier alpha value is -2.31. The van der Waals surface area contributed by atoms with Crippen molar-refractivity contribution in [1.29, 1.82) is 0 Å². The van der Waals surface area contributed by atoms with Crippen LogP contribution < -0.4 is 0 Å². The van der Waals surface area contributed by atoms with E-state index in [9.17, 15) is 18.0 Å². The quantitative estimate of drug-likeness (QED) is 0.868. The summed E-state index contributed by atoms with van der Waals surface area (Å²) in [5, 5.41) is 12.6. The fourth-order valence-electron chi connectivity index (χ4n) is 2.76. The molecule has 1 saturated carbocycles. The van der Waals surface area contributed by atoms with Crippen molar-refractivity contribution in [2.45, 2.75) is 44.2 Å². The molecule has 1 unspecified atom stereocenters. The maximum absolute atomic E-state index is 13.4. The lowest BCUT2D eigenvalue weighted by Crippen LogP contribution is -2.12. The number of rotatable bonds is 4. The fourth-order valence-corrected chi connectivity index (χ4v) is 2.76. The van der Waals surface area contributed by atoms with Gasteiger partial charge in [0.2, 0.25) is 0 Å². The van der Waals surface area contributed by atoms with E-state index in [0.29, 0.717) is 5.56 Å². The van der Waals surface area contributed by atoms with Crippen LogP contribution >= 0.6 is 0 Å². The number of alkyl halides is 3.